The number of hydrogen-bond donors (Lipinski definition) is 2. The highest BCUT2D eigenvalue weighted by Crippen LogP contribution is 2.42. The van der Waals surface area contributed by atoms with Gasteiger partial charge in [-0.1, -0.05) is 12.1 Å². The summed E-state index contributed by atoms with van der Waals surface area (Å²) in [5.74, 6) is 0.933. The lowest BCUT2D eigenvalue weighted by Gasteiger charge is -2.49. The summed E-state index contributed by atoms with van der Waals surface area (Å²) in [7, 11) is 0. The first-order chi connectivity index (χ1) is 35.2. The van der Waals surface area contributed by atoms with Gasteiger partial charge in [0.05, 0.1) is 11.1 Å². The van der Waals surface area contributed by atoms with Gasteiger partial charge in [0.1, 0.15) is 24.7 Å². The zero-order valence-electron chi connectivity index (χ0n) is 42.2. The Balaban J connectivity index is 0.000000216. The molecule has 0 spiro atoms. The highest BCUT2D eigenvalue weighted by molar-refractivity contribution is 5.95. The SMILES string of the molecule is [C-]#[N+]C[C@@H](O)COc1ccc([C@H]2CCC[C@H]3CN(C(=O)c4ccc(C(F)(F)F)cc4)CCN32)c(C)c1C.[C-]#[N+]C[C@H](O)COc1ccc([C@H]2CCC[C@H]3CN(C(=O)c4ccc(C(F)(F)F)cc4)CCN32)c(C)c1C. The first-order valence-electron chi connectivity index (χ1n) is 25.1. The van der Waals surface area contributed by atoms with Crippen molar-refractivity contribution >= 4 is 11.8 Å². The van der Waals surface area contributed by atoms with Crippen LogP contribution in [0.4, 0.5) is 26.3 Å². The van der Waals surface area contributed by atoms with Gasteiger partial charge >= 0.3 is 12.4 Å². The van der Waals surface area contributed by atoms with Crippen LogP contribution in [0.3, 0.4) is 0 Å². The first kappa shape index (κ1) is 55.6. The number of aliphatic hydroxyl groups excluding tert-OH is 2. The topological polar surface area (TPSA) is 115 Å². The van der Waals surface area contributed by atoms with Crippen LogP contribution >= 0.6 is 0 Å². The van der Waals surface area contributed by atoms with E-state index in [1.807, 2.05) is 26.0 Å². The van der Waals surface area contributed by atoms with Gasteiger partial charge in [0, 0.05) is 74.6 Å². The minimum Gasteiger partial charge on any atom is -0.490 e. The summed E-state index contributed by atoms with van der Waals surface area (Å²) in [4.78, 5) is 40.9. The molecule has 4 aliphatic rings. The molecule has 4 aromatic carbocycles. The third kappa shape index (κ3) is 13.0. The van der Waals surface area contributed by atoms with E-state index in [0.717, 1.165) is 85.0 Å². The molecule has 12 nitrogen and oxygen atoms in total. The van der Waals surface area contributed by atoms with Crippen LogP contribution in [0.2, 0.25) is 0 Å². The van der Waals surface area contributed by atoms with Crippen molar-refractivity contribution in [3.05, 3.63) is 151 Å². The molecule has 0 aromatic heterocycles. The summed E-state index contributed by atoms with van der Waals surface area (Å²) in [6.07, 6.45) is -4.51. The number of carbonyl (C=O) groups is 2. The number of carbonyl (C=O) groups excluding carboxylic acids is 2. The Morgan fingerprint density at radius 2 is 0.932 bits per heavy atom. The Morgan fingerprint density at radius 1 is 0.568 bits per heavy atom. The molecule has 8 rings (SSSR count). The van der Waals surface area contributed by atoms with Crippen molar-refractivity contribution in [1.82, 2.24) is 19.6 Å². The van der Waals surface area contributed by atoms with E-state index in [1.54, 1.807) is 9.80 Å². The lowest BCUT2D eigenvalue weighted by molar-refractivity contribution is -0.138. The molecule has 6 atom stereocenters. The van der Waals surface area contributed by atoms with Crippen molar-refractivity contribution in [3.63, 3.8) is 0 Å². The summed E-state index contributed by atoms with van der Waals surface area (Å²) in [6.45, 7) is 25.5. The van der Waals surface area contributed by atoms with E-state index < -0.39 is 35.7 Å². The number of alkyl halides is 6. The van der Waals surface area contributed by atoms with E-state index in [9.17, 15) is 46.1 Å². The van der Waals surface area contributed by atoms with E-state index in [2.05, 4.69) is 45.5 Å². The molecule has 4 fully saturated rings. The number of benzene rings is 4. The molecule has 0 aliphatic carbocycles. The molecule has 2 N–H and O–H groups in total. The Hall–Kier alpha value is -6.18. The van der Waals surface area contributed by atoms with Crippen molar-refractivity contribution in [3.8, 4) is 11.5 Å². The molecular formula is C56H64F6N6O6. The predicted molar refractivity (Wildman–Crippen MR) is 267 cm³/mol. The van der Waals surface area contributed by atoms with Crippen LogP contribution in [0.5, 0.6) is 11.5 Å². The van der Waals surface area contributed by atoms with E-state index in [1.165, 1.54) is 35.4 Å². The number of nitrogens with zero attached hydrogens (tertiary/aromatic N) is 6. The van der Waals surface area contributed by atoms with Gasteiger partial charge in [-0.25, -0.2) is 13.1 Å². The second-order valence-corrected chi connectivity index (χ2v) is 19.7. The molecule has 18 heteroatoms. The van der Waals surface area contributed by atoms with Crippen molar-refractivity contribution in [2.45, 2.75) is 115 Å². The van der Waals surface area contributed by atoms with E-state index in [-0.39, 0.29) is 73.4 Å². The minimum absolute atomic E-state index is 0.00687. The number of halogens is 6. The highest BCUT2D eigenvalue weighted by Gasteiger charge is 2.40. The summed E-state index contributed by atoms with van der Waals surface area (Å²) in [5, 5.41) is 19.6. The number of ether oxygens (including phenoxy) is 2. The average molecular weight is 1030 g/mol. The zero-order valence-corrected chi connectivity index (χ0v) is 42.2. The van der Waals surface area contributed by atoms with Crippen LogP contribution in [-0.2, 0) is 12.4 Å². The van der Waals surface area contributed by atoms with Crippen molar-refractivity contribution in [1.29, 1.82) is 0 Å². The quantitative estimate of drug-likeness (QED) is 0.107. The van der Waals surface area contributed by atoms with Crippen LogP contribution in [-0.4, -0.2) is 131 Å². The second-order valence-electron chi connectivity index (χ2n) is 19.7. The average Bonchev–Trinajstić information content (AvgIpc) is 3.38. The van der Waals surface area contributed by atoms with Crippen LogP contribution in [0.15, 0.2) is 72.8 Å². The van der Waals surface area contributed by atoms with Crippen LogP contribution in [0.25, 0.3) is 9.69 Å². The fourth-order valence-electron chi connectivity index (χ4n) is 10.9. The summed E-state index contributed by atoms with van der Waals surface area (Å²) < 4.78 is 88.9. The number of fused-ring (bicyclic) bond motifs is 2. The summed E-state index contributed by atoms with van der Waals surface area (Å²) in [5.41, 5.74) is 5.75. The fraction of sp³-hybridized carbons (Fsp3) is 0.500. The molecule has 4 aromatic rings. The normalized spacial score (nSPS) is 21.2. The number of aliphatic hydroxyl groups is 2. The summed E-state index contributed by atoms with van der Waals surface area (Å²) >= 11 is 0. The molecule has 0 radical (unpaired) electrons. The molecule has 0 bridgehead atoms. The van der Waals surface area contributed by atoms with Gasteiger partial charge in [0.15, 0.2) is 12.2 Å². The molecular weight excluding hydrogens is 967 g/mol. The molecule has 396 valence electrons. The first-order valence-corrected chi connectivity index (χ1v) is 25.1. The van der Waals surface area contributed by atoms with Gasteiger partial charge in [-0.3, -0.25) is 19.4 Å². The Bertz CT molecular complexity index is 2500. The van der Waals surface area contributed by atoms with E-state index in [0.29, 0.717) is 50.8 Å². The van der Waals surface area contributed by atoms with Crippen LogP contribution < -0.4 is 9.47 Å². The Morgan fingerprint density at radius 3 is 1.27 bits per heavy atom. The predicted octanol–water partition coefficient (Wildman–Crippen LogP) is 10.1. The lowest BCUT2D eigenvalue weighted by atomic mass is 9.86. The molecule has 74 heavy (non-hydrogen) atoms. The third-order valence-electron chi connectivity index (χ3n) is 15.1. The summed E-state index contributed by atoms with van der Waals surface area (Å²) in [6, 6.07) is 17.7. The third-order valence-corrected chi connectivity index (χ3v) is 15.1. The number of amides is 2. The highest BCUT2D eigenvalue weighted by atomic mass is 19.4. The second kappa shape index (κ2) is 24.0. The lowest BCUT2D eigenvalue weighted by Crippen LogP contribution is -2.57. The largest absolute Gasteiger partial charge is 0.490 e. The smallest absolute Gasteiger partial charge is 0.416 e. The van der Waals surface area contributed by atoms with Gasteiger partial charge in [0.2, 0.25) is 13.1 Å². The van der Waals surface area contributed by atoms with Crippen molar-refractivity contribution in [2.75, 3.05) is 65.6 Å². The number of piperazine rings is 2. The van der Waals surface area contributed by atoms with E-state index in [4.69, 9.17) is 22.6 Å². The molecule has 2 amide bonds. The number of piperidine rings is 2. The standard InChI is InChI=1S/2C28H32F3N3O3/c2*1-18-19(2)26(37-17-23(35)15-32-3)12-11-24(18)25-6-4-5-22-16-33(13-14-34(22)25)27(36)20-7-9-21(10-8-20)28(29,30)31/h2*7-12,22-23,25,35H,4-6,13-17H2,1-2H3/t22-,23+,25+;22-,23-,25+/m00/s1. The molecule has 0 saturated carbocycles. The fourth-order valence-corrected chi connectivity index (χ4v) is 10.9. The van der Waals surface area contributed by atoms with Crippen molar-refractivity contribution in [2.24, 2.45) is 0 Å². The molecule has 0 unspecified atom stereocenters. The van der Waals surface area contributed by atoms with Gasteiger partial charge in [-0.2, -0.15) is 26.3 Å². The maximum atomic E-state index is 13.1. The Kier molecular flexibility index (Phi) is 18.0. The van der Waals surface area contributed by atoms with Crippen LogP contribution in [0.1, 0.15) is 116 Å². The van der Waals surface area contributed by atoms with Gasteiger partial charge in [-0.05, 0) is 160 Å². The molecule has 4 saturated heterocycles. The minimum atomic E-state index is -4.43. The van der Waals surface area contributed by atoms with Crippen molar-refractivity contribution < 1.29 is 55.6 Å². The molecule has 4 aliphatic heterocycles. The number of rotatable bonds is 12. The van der Waals surface area contributed by atoms with E-state index >= 15 is 0 Å². The molecule has 4 heterocycles. The van der Waals surface area contributed by atoms with Gasteiger partial charge < -0.3 is 39.2 Å². The maximum absolute atomic E-state index is 13.1. The zero-order chi connectivity index (χ0) is 53.5. The number of hydrogen-bond acceptors (Lipinski definition) is 8. The van der Waals surface area contributed by atoms with Gasteiger partial charge in [-0.15, -0.1) is 0 Å². The van der Waals surface area contributed by atoms with Crippen LogP contribution in [0, 0.1) is 40.8 Å². The van der Waals surface area contributed by atoms with Gasteiger partial charge in [0.25, 0.3) is 11.8 Å². The Labute approximate surface area is 429 Å². The maximum Gasteiger partial charge on any atom is 0.416 e. The monoisotopic (exact) mass is 1030 g/mol.